The number of nitrogens with zero attached hydrogens (tertiary/aromatic N) is 4. The van der Waals surface area contributed by atoms with Gasteiger partial charge in [-0.1, -0.05) is 0 Å². The van der Waals surface area contributed by atoms with Crippen molar-refractivity contribution in [2.75, 3.05) is 31.1 Å². The van der Waals surface area contributed by atoms with Crippen LogP contribution in [0.2, 0.25) is 0 Å². The number of aryl methyl sites for hydroxylation is 1. The molecule has 0 aromatic carbocycles. The number of anilines is 1. The summed E-state index contributed by atoms with van der Waals surface area (Å²) in [6, 6.07) is 6.01. The highest BCUT2D eigenvalue weighted by molar-refractivity contribution is 5.54. The SMILES string of the molecule is Cc1ccc(C#N)c(N2CCN(C(C)(C)C)CC2)n1. The van der Waals surface area contributed by atoms with E-state index in [9.17, 15) is 5.26 Å². The first-order valence-corrected chi connectivity index (χ1v) is 6.79. The number of hydrogen-bond acceptors (Lipinski definition) is 4. The highest BCUT2D eigenvalue weighted by atomic mass is 15.3. The van der Waals surface area contributed by atoms with Gasteiger partial charge in [0.05, 0.1) is 5.56 Å². The van der Waals surface area contributed by atoms with E-state index in [0.717, 1.165) is 37.7 Å². The van der Waals surface area contributed by atoms with Crippen molar-refractivity contribution in [3.05, 3.63) is 23.4 Å². The number of hydrogen-bond donors (Lipinski definition) is 0. The molecular formula is C15H22N4. The van der Waals surface area contributed by atoms with E-state index in [1.807, 2.05) is 19.1 Å². The molecule has 1 aliphatic heterocycles. The lowest BCUT2D eigenvalue weighted by atomic mass is 10.0. The third-order valence-electron chi connectivity index (χ3n) is 3.66. The van der Waals surface area contributed by atoms with Crippen molar-refractivity contribution in [3.63, 3.8) is 0 Å². The van der Waals surface area contributed by atoms with Crippen molar-refractivity contribution in [2.45, 2.75) is 33.2 Å². The van der Waals surface area contributed by atoms with Crippen molar-refractivity contribution in [1.82, 2.24) is 9.88 Å². The smallest absolute Gasteiger partial charge is 0.146 e. The molecule has 0 bridgehead atoms. The Kier molecular flexibility index (Phi) is 3.77. The van der Waals surface area contributed by atoms with Gasteiger partial charge in [-0.2, -0.15) is 5.26 Å². The lowest BCUT2D eigenvalue weighted by molar-refractivity contribution is 0.128. The first-order valence-electron chi connectivity index (χ1n) is 6.79. The third kappa shape index (κ3) is 3.05. The molecule has 0 saturated carbocycles. The number of rotatable bonds is 1. The third-order valence-corrected chi connectivity index (χ3v) is 3.66. The van der Waals surface area contributed by atoms with Crippen LogP contribution in [-0.4, -0.2) is 41.6 Å². The van der Waals surface area contributed by atoms with E-state index in [-0.39, 0.29) is 5.54 Å². The standard InChI is InChI=1S/C15H22N4/c1-12-5-6-13(11-16)14(17-12)18-7-9-19(10-8-18)15(2,3)4/h5-6H,7-10H2,1-4H3. The predicted molar refractivity (Wildman–Crippen MR) is 77.2 cm³/mol. The molecular weight excluding hydrogens is 236 g/mol. The van der Waals surface area contributed by atoms with Crippen molar-refractivity contribution in [3.8, 4) is 6.07 Å². The number of pyridine rings is 1. The Bertz CT molecular complexity index is 488. The van der Waals surface area contributed by atoms with Crippen LogP contribution in [0.5, 0.6) is 0 Å². The number of nitriles is 1. The summed E-state index contributed by atoms with van der Waals surface area (Å²) in [5.74, 6) is 0.844. The second kappa shape index (κ2) is 5.18. The summed E-state index contributed by atoms with van der Waals surface area (Å²) in [7, 11) is 0. The topological polar surface area (TPSA) is 43.2 Å². The summed E-state index contributed by atoms with van der Waals surface area (Å²) in [5.41, 5.74) is 1.85. The highest BCUT2D eigenvalue weighted by Crippen LogP contribution is 2.22. The molecule has 1 saturated heterocycles. The molecule has 2 rings (SSSR count). The molecule has 1 aromatic heterocycles. The van der Waals surface area contributed by atoms with E-state index in [2.05, 4.69) is 41.6 Å². The van der Waals surface area contributed by atoms with Gasteiger partial charge in [-0.15, -0.1) is 0 Å². The van der Waals surface area contributed by atoms with E-state index >= 15 is 0 Å². The second-order valence-corrected chi connectivity index (χ2v) is 6.08. The van der Waals surface area contributed by atoms with Crippen LogP contribution in [0.3, 0.4) is 0 Å². The molecule has 4 heteroatoms. The van der Waals surface area contributed by atoms with Crippen LogP contribution in [0.15, 0.2) is 12.1 Å². The van der Waals surface area contributed by atoms with Gasteiger partial charge in [0.2, 0.25) is 0 Å². The fourth-order valence-corrected chi connectivity index (χ4v) is 2.46. The van der Waals surface area contributed by atoms with E-state index in [0.29, 0.717) is 5.56 Å². The zero-order valence-electron chi connectivity index (χ0n) is 12.3. The maximum atomic E-state index is 9.19. The average molecular weight is 258 g/mol. The molecule has 0 radical (unpaired) electrons. The lowest BCUT2D eigenvalue weighted by Crippen LogP contribution is -2.53. The Morgan fingerprint density at radius 1 is 1.16 bits per heavy atom. The van der Waals surface area contributed by atoms with Crippen LogP contribution in [0, 0.1) is 18.3 Å². The summed E-state index contributed by atoms with van der Waals surface area (Å²) >= 11 is 0. The minimum atomic E-state index is 0.212. The Morgan fingerprint density at radius 3 is 2.32 bits per heavy atom. The summed E-state index contributed by atoms with van der Waals surface area (Å²) < 4.78 is 0. The maximum Gasteiger partial charge on any atom is 0.146 e. The van der Waals surface area contributed by atoms with Crippen LogP contribution in [-0.2, 0) is 0 Å². The summed E-state index contributed by atoms with van der Waals surface area (Å²) in [6.45, 7) is 12.6. The van der Waals surface area contributed by atoms with Crippen molar-refractivity contribution in [1.29, 1.82) is 5.26 Å². The molecule has 19 heavy (non-hydrogen) atoms. The molecule has 0 atom stereocenters. The van der Waals surface area contributed by atoms with E-state index in [1.165, 1.54) is 0 Å². The minimum Gasteiger partial charge on any atom is -0.353 e. The quantitative estimate of drug-likeness (QED) is 0.774. The van der Waals surface area contributed by atoms with Crippen LogP contribution in [0.1, 0.15) is 32.0 Å². The molecule has 102 valence electrons. The van der Waals surface area contributed by atoms with Crippen molar-refractivity contribution in [2.24, 2.45) is 0 Å². The molecule has 1 aliphatic rings. The van der Waals surface area contributed by atoms with E-state index < -0.39 is 0 Å². The molecule has 4 nitrogen and oxygen atoms in total. The Labute approximate surface area is 115 Å². The van der Waals surface area contributed by atoms with Gasteiger partial charge < -0.3 is 4.90 Å². The monoisotopic (exact) mass is 258 g/mol. The van der Waals surface area contributed by atoms with Gasteiger partial charge in [-0.3, -0.25) is 4.90 Å². The Morgan fingerprint density at radius 2 is 1.79 bits per heavy atom. The van der Waals surface area contributed by atoms with Crippen LogP contribution >= 0.6 is 0 Å². The van der Waals surface area contributed by atoms with Crippen LogP contribution in [0.4, 0.5) is 5.82 Å². The zero-order chi connectivity index (χ0) is 14.0. The highest BCUT2D eigenvalue weighted by Gasteiger charge is 2.27. The zero-order valence-corrected chi connectivity index (χ0v) is 12.3. The molecule has 2 heterocycles. The average Bonchev–Trinajstić information content (AvgIpc) is 2.38. The van der Waals surface area contributed by atoms with Crippen molar-refractivity contribution >= 4 is 5.82 Å². The molecule has 0 spiro atoms. The normalized spacial score (nSPS) is 17.3. The van der Waals surface area contributed by atoms with Crippen LogP contribution in [0.25, 0.3) is 0 Å². The maximum absolute atomic E-state index is 9.19. The van der Waals surface area contributed by atoms with Gasteiger partial charge in [-0.05, 0) is 39.8 Å². The molecule has 1 aromatic rings. The molecule has 1 fully saturated rings. The summed E-state index contributed by atoms with van der Waals surface area (Å²) in [4.78, 5) is 9.25. The van der Waals surface area contributed by atoms with Gasteiger partial charge >= 0.3 is 0 Å². The first kappa shape index (κ1) is 13.8. The van der Waals surface area contributed by atoms with Gasteiger partial charge in [0.25, 0.3) is 0 Å². The van der Waals surface area contributed by atoms with E-state index in [4.69, 9.17) is 0 Å². The molecule has 0 N–H and O–H groups in total. The Balaban J connectivity index is 2.14. The fourth-order valence-electron chi connectivity index (χ4n) is 2.46. The summed E-state index contributed by atoms with van der Waals surface area (Å²) in [5, 5.41) is 9.19. The fraction of sp³-hybridized carbons (Fsp3) is 0.600. The van der Waals surface area contributed by atoms with Crippen molar-refractivity contribution < 1.29 is 0 Å². The van der Waals surface area contributed by atoms with Gasteiger partial charge in [0.15, 0.2) is 0 Å². The largest absolute Gasteiger partial charge is 0.353 e. The lowest BCUT2D eigenvalue weighted by Gasteiger charge is -2.42. The molecule has 0 aliphatic carbocycles. The molecule has 0 unspecified atom stereocenters. The first-order chi connectivity index (χ1) is 8.91. The predicted octanol–water partition coefficient (Wildman–Crippen LogP) is 2.18. The Hall–Kier alpha value is -1.60. The minimum absolute atomic E-state index is 0.212. The number of piperazine rings is 1. The van der Waals surface area contributed by atoms with E-state index in [1.54, 1.807) is 0 Å². The van der Waals surface area contributed by atoms with Gasteiger partial charge in [0, 0.05) is 37.4 Å². The molecule has 0 amide bonds. The second-order valence-electron chi connectivity index (χ2n) is 6.08. The van der Waals surface area contributed by atoms with Gasteiger partial charge in [0.1, 0.15) is 11.9 Å². The summed E-state index contributed by atoms with van der Waals surface area (Å²) in [6.07, 6.45) is 0. The van der Waals surface area contributed by atoms with Gasteiger partial charge in [-0.25, -0.2) is 4.98 Å². The van der Waals surface area contributed by atoms with Crippen LogP contribution < -0.4 is 4.90 Å². The number of aromatic nitrogens is 1.